The number of hydrogen-bond donors (Lipinski definition) is 0. The molecule has 0 heterocycles. The van der Waals surface area contributed by atoms with E-state index >= 15 is 0 Å². The van der Waals surface area contributed by atoms with Gasteiger partial charge in [-0.3, -0.25) is 4.79 Å². The van der Waals surface area contributed by atoms with Crippen molar-refractivity contribution < 1.29 is 9.53 Å². The van der Waals surface area contributed by atoms with E-state index in [1.165, 1.54) is 0 Å². The van der Waals surface area contributed by atoms with Gasteiger partial charge in [-0.2, -0.15) is 0 Å². The van der Waals surface area contributed by atoms with E-state index in [4.69, 9.17) is 27.9 Å². The summed E-state index contributed by atoms with van der Waals surface area (Å²) >= 11 is 15.5. The highest BCUT2D eigenvalue weighted by atomic mass is 79.9. The molecule has 0 saturated carbocycles. The van der Waals surface area contributed by atoms with Crippen molar-refractivity contribution in [2.24, 2.45) is 0 Å². The van der Waals surface area contributed by atoms with Gasteiger partial charge in [-0.15, -0.1) is 0 Å². The smallest absolute Gasteiger partial charge is 0.199 e. The SMILES string of the molecule is CCOc1ccc(Br)cc1C(=O)c1c(Cl)cccc1Cl. The molecule has 2 aromatic rings. The molecule has 20 heavy (non-hydrogen) atoms. The summed E-state index contributed by atoms with van der Waals surface area (Å²) in [5, 5.41) is 0.648. The normalized spacial score (nSPS) is 10.4. The molecule has 0 amide bonds. The lowest BCUT2D eigenvalue weighted by atomic mass is 10.0. The molecule has 0 aliphatic heterocycles. The highest BCUT2D eigenvalue weighted by molar-refractivity contribution is 9.10. The summed E-state index contributed by atoms with van der Waals surface area (Å²) < 4.78 is 6.27. The van der Waals surface area contributed by atoms with Gasteiger partial charge in [-0.05, 0) is 37.3 Å². The first-order chi connectivity index (χ1) is 9.54. The van der Waals surface area contributed by atoms with Crippen LogP contribution in [0.4, 0.5) is 0 Å². The average Bonchev–Trinajstić information content (AvgIpc) is 2.40. The Hall–Kier alpha value is -1.03. The molecule has 0 atom stereocenters. The van der Waals surface area contributed by atoms with Crippen LogP contribution in [0.25, 0.3) is 0 Å². The third kappa shape index (κ3) is 3.17. The molecule has 0 aliphatic carbocycles. The van der Waals surface area contributed by atoms with E-state index in [1.807, 2.05) is 13.0 Å². The fraction of sp³-hybridized carbons (Fsp3) is 0.133. The van der Waals surface area contributed by atoms with Crippen LogP contribution in [0.2, 0.25) is 10.0 Å². The van der Waals surface area contributed by atoms with Crippen LogP contribution in [0.3, 0.4) is 0 Å². The van der Waals surface area contributed by atoms with E-state index in [1.54, 1.807) is 30.3 Å². The van der Waals surface area contributed by atoms with Gasteiger partial charge >= 0.3 is 0 Å². The van der Waals surface area contributed by atoms with Crippen LogP contribution in [0.1, 0.15) is 22.8 Å². The van der Waals surface area contributed by atoms with Gasteiger partial charge in [-0.25, -0.2) is 0 Å². The standard InChI is InChI=1S/C15H11BrCl2O2/c1-2-20-13-7-6-9(16)8-10(13)15(19)14-11(17)4-3-5-12(14)18/h3-8H,2H2,1H3. The Morgan fingerprint density at radius 2 is 1.85 bits per heavy atom. The summed E-state index contributed by atoms with van der Waals surface area (Å²) in [5.74, 6) is 0.252. The number of ether oxygens (including phenoxy) is 1. The molecule has 0 fully saturated rings. The van der Waals surface area contributed by atoms with Gasteiger partial charge in [0.2, 0.25) is 0 Å². The molecule has 0 spiro atoms. The van der Waals surface area contributed by atoms with Crippen molar-refractivity contribution in [1.82, 2.24) is 0 Å². The molecule has 2 rings (SSSR count). The predicted molar refractivity (Wildman–Crippen MR) is 85.2 cm³/mol. The fourth-order valence-electron chi connectivity index (χ4n) is 1.81. The van der Waals surface area contributed by atoms with Crippen molar-refractivity contribution in [3.63, 3.8) is 0 Å². The van der Waals surface area contributed by atoms with Crippen molar-refractivity contribution in [2.45, 2.75) is 6.92 Å². The summed E-state index contributed by atoms with van der Waals surface area (Å²) in [6.45, 7) is 2.33. The molecule has 0 unspecified atom stereocenters. The molecule has 2 aromatic carbocycles. The zero-order valence-electron chi connectivity index (χ0n) is 10.6. The first-order valence-electron chi connectivity index (χ1n) is 5.95. The lowest BCUT2D eigenvalue weighted by Gasteiger charge is -2.11. The van der Waals surface area contributed by atoms with Crippen LogP contribution in [0, 0.1) is 0 Å². The van der Waals surface area contributed by atoms with Crippen molar-refractivity contribution in [2.75, 3.05) is 6.61 Å². The van der Waals surface area contributed by atoms with Gasteiger partial charge < -0.3 is 4.74 Å². The van der Waals surface area contributed by atoms with E-state index in [0.29, 0.717) is 28.0 Å². The van der Waals surface area contributed by atoms with E-state index in [2.05, 4.69) is 15.9 Å². The van der Waals surface area contributed by atoms with E-state index in [0.717, 1.165) is 4.47 Å². The highest BCUT2D eigenvalue weighted by Gasteiger charge is 2.20. The van der Waals surface area contributed by atoms with Crippen LogP contribution in [-0.2, 0) is 0 Å². The van der Waals surface area contributed by atoms with Crippen LogP contribution in [0.5, 0.6) is 5.75 Å². The Labute approximate surface area is 135 Å². The second kappa shape index (κ2) is 6.61. The van der Waals surface area contributed by atoms with Crippen LogP contribution in [0.15, 0.2) is 40.9 Å². The summed E-state index contributed by atoms with van der Waals surface area (Å²) in [5.41, 5.74) is 0.714. The van der Waals surface area contributed by atoms with Crippen molar-refractivity contribution in [1.29, 1.82) is 0 Å². The van der Waals surface area contributed by atoms with E-state index < -0.39 is 0 Å². The van der Waals surface area contributed by atoms with Crippen LogP contribution >= 0.6 is 39.1 Å². The monoisotopic (exact) mass is 372 g/mol. The molecular formula is C15H11BrCl2O2. The molecule has 5 heteroatoms. The molecule has 104 valence electrons. The number of ketones is 1. The number of rotatable bonds is 4. The highest BCUT2D eigenvalue weighted by Crippen LogP contribution is 2.31. The van der Waals surface area contributed by atoms with Gasteiger partial charge in [-0.1, -0.05) is 45.2 Å². The third-order valence-corrected chi connectivity index (χ3v) is 3.80. The van der Waals surface area contributed by atoms with Crippen molar-refractivity contribution in [3.8, 4) is 5.75 Å². The largest absolute Gasteiger partial charge is 0.493 e. The molecule has 0 radical (unpaired) electrons. The molecule has 2 nitrogen and oxygen atoms in total. The minimum atomic E-state index is -0.259. The second-order valence-corrected chi connectivity index (χ2v) is 5.73. The summed E-state index contributed by atoms with van der Waals surface area (Å²) in [6, 6.07) is 10.2. The number of benzene rings is 2. The Bertz CT molecular complexity index is 636. The first-order valence-corrected chi connectivity index (χ1v) is 7.50. The summed E-state index contributed by atoms with van der Waals surface area (Å²) in [7, 11) is 0. The predicted octanol–water partition coefficient (Wildman–Crippen LogP) is 5.39. The maximum atomic E-state index is 12.7. The van der Waals surface area contributed by atoms with E-state index in [-0.39, 0.29) is 11.3 Å². The molecule has 0 aliphatic rings. The Morgan fingerprint density at radius 1 is 1.20 bits per heavy atom. The fourth-order valence-corrected chi connectivity index (χ4v) is 2.74. The number of hydrogen-bond acceptors (Lipinski definition) is 2. The molecular weight excluding hydrogens is 363 g/mol. The van der Waals surface area contributed by atoms with Gasteiger partial charge in [0.05, 0.1) is 27.8 Å². The Balaban J connectivity index is 2.56. The minimum absolute atomic E-state index is 0.259. The van der Waals surface area contributed by atoms with Gasteiger partial charge in [0.15, 0.2) is 5.78 Å². The average molecular weight is 374 g/mol. The van der Waals surface area contributed by atoms with Crippen LogP contribution in [-0.4, -0.2) is 12.4 Å². The number of carbonyl (C=O) groups is 1. The lowest BCUT2D eigenvalue weighted by molar-refractivity contribution is 0.103. The van der Waals surface area contributed by atoms with Gasteiger partial charge in [0.1, 0.15) is 5.75 Å². The minimum Gasteiger partial charge on any atom is -0.493 e. The van der Waals surface area contributed by atoms with Gasteiger partial charge in [0.25, 0.3) is 0 Å². The summed E-state index contributed by atoms with van der Waals surface area (Å²) in [6.07, 6.45) is 0. The van der Waals surface area contributed by atoms with E-state index in [9.17, 15) is 4.79 Å². The molecule has 0 aromatic heterocycles. The maximum absolute atomic E-state index is 12.7. The first kappa shape index (κ1) is 15.4. The number of halogens is 3. The zero-order valence-corrected chi connectivity index (χ0v) is 13.7. The van der Waals surface area contributed by atoms with Crippen molar-refractivity contribution >= 4 is 44.9 Å². The summed E-state index contributed by atoms with van der Waals surface area (Å²) in [4.78, 5) is 12.7. The third-order valence-electron chi connectivity index (χ3n) is 2.68. The Morgan fingerprint density at radius 3 is 2.45 bits per heavy atom. The maximum Gasteiger partial charge on any atom is 0.199 e. The number of carbonyl (C=O) groups excluding carboxylic acids is 1. The molecule has 0 N–H and O–H groups in total. The van der Waals surface area contributed by atoms with Gasteiger partial charge in [0, 0.05) is 4.47 Å². The Kier molecular flexibility index (Phi) is 5.08. The zero-order chi connectivity index (χ0) is 14.7. The molecule has 0 saturated heterocycles. The topological polar surface area (TPSA) is 26.3 Å². The van der Waals surface area contributed by atoms with Crippen molar-refractivity contribution in [3.05, 3.63) is 62.0 Å². The second-order valence-electron chi connectivity index (χ2n) is 4.00. The quantitative estimate of drug-likeness (QED) is 0.672. The molecule has 0 bridgehead atoms. The van der Waals surface area contributed by atoms with Crippen LogP contribution < -0.4 is 4.74 Å². The lowest BCUT2D eigenvalue weighted by Crippen LogP contribution is -2.07.